The highest BCUT2D eigenvalue weighted by molar-refractivity contribution is 6.21. The first-order chi connectivity index (χ1) is 9.54. The number of methoxy groups -OCH3 is 1. The highest BCUT2D eigenvalue weighted by Crippen LogP contribution is 2.35. The first-order valence-corrected chi connectivity index (χ1v) is 6.37. The van der Waals surface area contributed by atoms with Gasteiger partial charge in [0.1, 0.15) is 11.6 Å². The molecule has 0 N–H and O–H groups in total. The summed E-state index contributed by atoms with van der Waals surface area (Å²) >= 11 is 6.15. The molecule has 0 amide bonds. The summed E-state index contributed by atoms with van der Waals surface area (Å²) in [5.74, 6) is -2.18. The van der Waals surface area contributed by atoms with Gasteiger partial charge in [-0.15, -0.1) is 11.6 Å². The zero-order chi connectivity index (χ0) is 14.7. The van der Waals surface area contributed by atoms with E-state index in [0.717, 1.165) is 6.07 Å². The molecule has 0 bridgehead atoms. The van der Waals surface area contributed by atoms with Crippen LogP contribution in [0, 0.1) is 17.5 Å². The van der Waals surface area contributed by atoms with Gasteiger partial charge < -0.3 is 4.74 Å². The summed E-state index contributed by atoms with van der Waals surface area (Å²) < 4.78 is 45.6. The number of alkyl halides is 1. The Morgan fingerprint density at radius 2 is 1.70 bits per heavy atom. The molecule has 0 aromatic heterocycles. The Morgan fingerprint density at radius 3 is 2.40 bits per heavy atom. The molecule has 1 atom stereocenters. The number of rotatable bonds is 4. The van der Waals surface area contributed by atoms with E-state index in [-0.39, 0.29) is 23.3 Å². The van der Waals surface area contributed by atoms with Gasteiger partial charge in [-0.2, -0.15) is 0 Å². The van der Waals surface area contributed by atoms with Gasteiger partial charge in [0.05, 0.1) is 12.5 Å². The summed E-state index contributed by atoms with van der Waals surface area (Å²) in [4.78, 5) is 0. The fraction of sp³-hybridized carbons (Fsp3) is 0.200. The molecular weight excluding hydrogens is 289 g/mol. The van der Waals surface area contributed by atoms with Gasteiger partial charge in [-0.05, 0) is 30.2 Å². The van der Waals surface area contributed by atoms with Crippen LogP contribution >= 0.6 is 11.6 Å². The maximum absolute atomic E-state index is 13.8. The monoisotopic (exact) mass is 300 g/mol. The van der Waals surface area contributed by atoms with Crippen LogP contribution in [0.4, 0.5) is 13.2 Å². The van der Waals surface area contributed by atoms with Gasteiger partial charge in [0.2, 0.25) is 0 Å². The van der Waals surface area contributed by atoms with Crippen LogP contribution in [0.15, 0.2) is 36.4 Å². The summed E-state index contributed by atoms with van der Waals surface area (Å²) in [5, 5.41) is -0.859. The van der Waals surface area contributed by atoms with Crippen molar-refractivity contribution in [3.8, 4) is 5.75 Å². The third kappa shape index (κ3) is 2.90. The molecule has 0 fully saturated rings. The number of halogens is 4. The molecule has 1 nitrogen and oxygen atoms in total. The first-order valence-electron chi connectivity index (χ1n) is 5.94. The van der Waals surface area contributed by atoms with Crippen molar-refractivity contribution in [3.05, 3.63) is 65.0 Å². The van der Waals surface area contributed by atoms with Gasteiger partial charge >= 0.3 is 0 Å². The molecule has 0 radical (unpaired) electrons. The minimum Gasteiger partial charge on any atom is -0.496 e. The fourth-order valence-corrected chi connectivity index (χ4v) is 2.38. The van der Waals surface area contributed by atoms with E-state index in [4.69, 9.17) is 16.3 Å². The van der Waals surface area contributed by atoms with Gasteiger partial charge in [0, 0.05) is 5.56 Å². The van der Waals surface area contributed by atoms with Gasteiger partial charge in [-0.3, -0.25) is 0 Å². The average molecular weight is 301 g/mol. The Hall–Kier alpha value is -1.68. The number of hydrogen-bond donors (Lipinski definition) is 0. The van der Waals surface area contributed by atoms with Crippen LogP contribution in [0.3, 0.4) is 0 Å². The third-order valence-electron chi connectivity index (χ3n) is 2.98. The van der Waals surface area contributed by atoms with Crippen molar-refractivity contribution in [1.29, 1.82) is 0 Å². The van der Waals surface area contributed by atoms with Crippen molar-refractivity contribution in [2.45, 2.75) is 11.8 Å². The summed E-state index contributed by atoms with van der Waals surface area (Å²) in [6.45, 7) is 0. The van der Waals surface area contributed by atoms with Crippen molar-refractivity contribution in [2.75, 3.05) is 7.11 Å². The second kappa shape index (κ2) is 6.18. The van der Waals surface area contributed by atoms with Crippen LogP contribution in [-0.4, -0.2) is 7.11 Å². The van der Waals surface area contributed by atoms with E-state index in [1.165, 1.54) is 31.4 Å². The Bertz CT molecular complexity index is 616. The molecule has 0 saturated carbocycles. The van der Waals surface area contributed by atoms with Gasteiger partial charge in [-0.1, -0.05) is 18.2 Å². The van der Waals surface area contributed by atoms with E-state index in [9.17, 15) is 13.2 Å². The van der Waals surface area contributed by atoms with Crippen LogP contribution in [0.5, 0.6) is 5.75 Å². The minimum atomic E-state index is -0.964. The van der Waals surface area contributed by atoms with Crippen LogP contribution in [0.2, 0.25) is 0 Å². The second-order valence-electron chi connectivity index (χ2n) is 4.24. The molecule has 106 valence electrons. The van der Waals surface area contributed by atoms with Crippen LogP contribution in [-0.2, 0) is 6.42 Å². The molecule has 0 aliphatic carbocycles. The molecule has 5 heteroatoms. The van der Waals surface area contributed by atoms with Crippen molar-refractivity contribution in [3.63, 3.8) is 0 Å². The lowest BCUT2D eigenvalue weighted by atomic mass is 10.0. The van der Waals surface area contributed by atoms with E-state index in [1.54, 1.807) is 6.07 Å². The Kier molecular flexibility index (Phi) is 4.55. The highest BCUT2D eigenvalue weighted by atomic mass is 35.5. The van der Waals surface area contributed by atoms with Gasteiger partial charge in [-0.25, -0.2) is 13.2 Å². The van der Waals surface area contributed by atoms with E-state index in [2.05, 4.69) is 0 Å². The maximum atomic E-state index is 13.8. The lowest BCUT2D eigenvalue weighted by Crippen LogP contribution is -2.04. The molecule has 2 rings (SSSR count). The lowest BCUT2D eigenvalue weighted by molar-refractivity contribution is 0.403. The largest absolute Gasteiger partial charge is 0.496 e. The highest BCUT2D eigenvalue weighted by Gasteiger charge is 2.20. The first kappa shape index (κ1) is 14.7. The molecule has 0 aliphatic rings. The molecule has 2 aromatic rings. The number of ether oxygens (including phenoxy) is 1. The van der Waals surface area contributed by atoms with Crippen molar-refractivity contribution < 1.29 is 17.9 Å². The second-order valence-corrected chi connectivity index (χ2v) is 4.77. The third-order valence-corrected chi connectivity index (χ3v) is 3.35. The Morgan fingerprint density at radius 1 is 1.05 bits per heavy atom. The molecule has 0 spiro atoms. The SMILES string of the molecule is COc1cccc(F)c1C(Cl)Cc1cccc(F)c1F. The van der Waals surface area contributed by atoms with E-state index >= 15 is 0 Å². The number of benzene rings is 2. The number of hydrogen-bond acceptors (Lipinski definition) is 1. The van der Waals surface area contributed by atoms with E-state index in [0.29, 0.717) is 0 Å². The zero-order valence-electron chi connectivity index (χ0n) is 10.7. The molecule has 0 aliphatic heterocycles. The normalized spacial score (nSPS) is 12.2. The molecule has 20 heavy (non-hydrogen) atoms. The predicted octanol–water partition coefficient (Wildman–Crippen LogP) is 4.64. The topological polar surface area (TPSA) is 9.23 Å². The Balaban J connectivity index is 2.33. The van der Waals surface area contributed by atoms with Crippen LogP contribution in [0.25, 0.3) is 0 Å². The average Bonchev–Trinajstić information content (AvgIpc) is 2.43. The standard InChI is InChI=1S/C15H12ClF3O/c1-20-13-7-3-5-11(17)14(13)10(16)8-9-4-2-6-12(18)15(9)19/h2-7,10H,8H2,1H3. The zero-order valence-corrected chi connectivity index (χ0v) is 11.4. The summed E-state index contributed by atoms with van der Waals surface area (Å²) in [5.41, 5.74) is 0.232. The Labute approximate surface area is 119 Å². The maximum Gasteiger partial charge on any atom is 0.162 e. The van der Waals surface area contributed by atoms with E-state index in [1.807, 2.05) is 0 Å². The summed E-state index contributed by atoms with van der Waals surface area (Å²) in [6.07, 6.45) is -0.0392. The molecule has 0 saturated heterocycles. The van der Waals surface area contributed by atoms with Crippen molar-refractivity contribution in [2.24, 2.45) is 0 Å². The molecular formula is C15H12ClF3O. The van der Waals surface area contributed by atoms with Crippen LogP contribution in [0.1, 0.15) is 16.5 Å². The van der Waals surface area contributed by atoms with Crippen molar-refractivity contribution in [1.82, 2.24) is 0 Å². The van der Waals surface area contributed by atoms with Gasteiger partial charge in [0.25, 0.3) is 0 Å². The quantitative estimate of drug-likeness (QED) is 0.748. The minimum absolute atomic E-state index is 0.0392. The molecule has 2 aromatic carbocycles. The molecule has 1 unspecified atom stereocenters. The van der Waals surface area contributed by atoms with Gasteiger partial charge in [0.15, 0.2) is 11.6 Å². The lowest BCUT2D eigenvalue weighted by Gasteiger charge is -2.15. The summed E-state index contributed by atoms with van der Waals surface area (Å²) in [6, 6.07) is 8.12. The fourth-order valence-electron chi connectivity index (χ4n) is 2.00. The predicted molar refractivity (Wildman–Crippen MR) is 71.6 cm³/mol. The van der Waals surface area contributed by atoms with E-state index < -0.39 is 22.8 Å². The molecule has 0 heterocycles. The van der Waals surface area contributed by atoms with Crippen LogP contribution < -0.4 is 4.74 Å². The smallest absolute Gasteiger partial charge is 0.162 e. The van der Waals surface area contributed by atoms with Crippen molar-refractivity contribution >= 4 is 11.6 Å². The summed E-state index contributed by atoms with van der Waals surface area (Å²) in [7, 11) is 1.39.